The molecule has 0 amide bonds. The van der Waals surface area contributed by atoms with Gasteiger partial charge in [-0.15, -0.1) is 0 Å². The van der Waals surface area contributed by atoms with Crippen molar-refractivity contribution in [3.05, 3.63) is 11.5 Å². The summed E-state index contributed by atoms with van der Waals surface area (Å²) in [6, 6.07) is 0. The molecule has 0 saturated carbocycles. The zero-order chi connectivity index (χ0) is 11.5. The van der Waals surface area contributed by atoms with Crippen LogP contribution in [0.25, 0.3) is 0 Å². The number of aromatic nitrogens is 2. The lowest BCUT2D eigenvalue weighted by Crippen LogP contribution is -2.18. The first-order chi connectivity index (χ1) is 7.74. The lowest BCUT2D eigenvalue weighted by atomic mass is 9.99. The van der Waals surface area contributed by atoms with Crippen LogP contribution in [-0.4, -0.2) is 22.9 Å². The van der Waals surface area contributed by atoms with Gasteiger partial charge in [0.25, 0.3) is 0 Å². The minimum absolute atomic E-state index is 0.314. The molecule has 1 aliphatic rings. The summed E-state index contributed by atoms with van der Waals surface area (Å²) >= 11 is 0. The lowest BCUT2D eigenvalue weighted by molar-refractivity contribution is 0.0796. The number of nitrogens with two attached hydrogens (primary N) is 2. The normalized spacial score (nSPS) is 21.2. The molecule has 1 fully saturated rings. The molecule has 2 rings (SSSR count). The zero-order valence-corrected chi connectivity index (χ0v) is 9.78. The average molecular weight is 224 g/mol. The molecule has 1 unspecified atom stereocenters. The van der Waals surface area contributed by atoms with E-state index in [1.165, 1.54) is 4.68 Å². The van der Waals surface area contributed by atoms with E-state index in [0.717, 1.165) is 43.8 Å². The molecule has 1 aliphatic heterocycles. The Labute approximate surface area is 95.7 Å². The number of hydrogen-bond acceptors (Lipinski definition) is 4. The van der Waals surface area contributed by atoms with Crippen molar-refractivity contribution >= 4 is 5.82 Å². The first kappa shape index (κ1) is 11.3. The number of ether oxygens (including phenoxy) is 1. The Morgan fingerprint density at radius 2 is 2.38 bits per heavy atom. The Morgan fingerprint density at radius 3 is 3.00 bits per heavy atom. The highest BCUT2D eigenvalue weighted by Gasteiger charge is 2.23. The molecule has 5 nitrogen and oxygen atoms in total. The topological polar surface area (TPSA) is 79.1 Å². The van der Waals surface area contributed by atoms with Crippen LogP contribution in [0.4, 0.5) is 5.82 Å². The number of anilines is 1. The van der Waals surface area contributed by atoms with Crippen molar-refractivity contribution in [2.45, 2.75) is 38.5 Å². The molecule has 0 aliphatic carbocycles. The van der Waals surface area contributed by atoms with Gasteiger partial charge in [-0.2, -0.15) is 0 Å². The highest BCUT2D eigenvalue weighted by atomic mass is 16.5. The van der Waals surface area contributed by atoms with Crippen molar-refractivity contribution in [1.29, 1.82) is 0 Å². The molecule has 1 aromatic rings. The van der Waals surface area contributed by atoms with Crippen LogP contribution in [0, 0.1) is 0 Å². The molecule has 0 radical (unpaired) electrons. The third-order valence-electron chi connectivity index (χ3n) is 3.07. The smallest absolute Gasteiger partial charge is 0.146 e. The van der Waals surface area contributed by atoms with Crippen LogP contribution in [0.5, 0.6) is 0 Å². The zero-order valence-electron chi connectivity index (χ0n) is 9.78. The predicted octanol–water partition coefficient (Wildman–Crippen LogP) is 1.03. The van der Waals surface area contributed by atoms with E-state index in [2.05, 4.69) is 11.9 Å². The molecule has 0 spiro atoms. The SMILES string of the molecule is CCCc1nc(C2CCCOC2)c(N)n1N. The third-order valence-corrected chi connectivity index (χ3v) is 3.07. The van der Waals surface area contributed by atoms with Crippen molar-refractivity contribution < 1.29 is 4.74 Å². The maximum Gasteiger partial charge on any atom is 0.146 e. The summed E-state index contributed by atoms with van der Waals surface area (Å²) in [5.74, 6) is 7.67. The summed E-state index contributed by atoms with van der Waals surface area (Å²) in [6.45, 7) is 3.67. The molecule has 5 heteroatoms. The minimum Gasteiger partial charge on any atom is -0.382 e. The van der Waals surface area contributed by atoms with Gasteiger partial charge in [-0.1, -0.05) is 6.92 Å². The third kappa shape index (κ3) is 2.00. The van der Waals surface area contributed by atoms with Gasteiger partial charge in [0.2, 0.25) is 0 Å². The van der Waals surface area contributed by atoms with Gasteiger partial charge in [0.15, 0.2) is 0 Å². The highest BCUT2D eigenvalue weighted by Crippen LogP contribution is 2.28. The van der Waals surface area contributed by atoms with E-state index in [-0.39, 0.29) is 0 Å². The van der Waals surface area contributed by atoms with Gasteiger partial charge < -0.3 is 16.3 Å². The second-order valence-electron chi connectivity index (χ2n) is 4.33. The summed E-state index contributed by atoms with van der Waals surface area (Å²) in [6.07, 6.45) is 4.06. The minimum atomic E-state index is 0.314. The van der Waals surface area contributed by atoms with E-state index >= 15 is 0 Å². The fourth-order valence-corrected chi connectivity index (χ4v) is 2.17. The monoisotopic (exact) mass is 224 g/mol. The van der Waals surface area contributed by atoms with E-state index in [1.54, 1.807) is 0 Å². The lowest BCUT2D eigenvalue weighted by Gasteiger charge is -2.20. The molecule has 90 valence electrons. The Bertz CT molecular complexity index is 355. The van der Waals surface area contributed by atoms with Crippen LogP contribution in [-0.2, 0) is 11.2 Å². The van der Waals surface area contributed by atoms with Crippen LogP contribution >= 0.6 is 0 Å². The van der Waals surface area contributed by atoms with Gasteiger partial charge in [-0.05, 0) is 19.3 Å². The van der Waals surface area contributed by atoms with E-state index in [9.17, 15) is 0 Å². The summed E-state index contributed by atoms with van der Waals surface area (Å²) in [4.78, 5) is 4.56. The molecule has 2 heterocycles. The van der Waals surface area contributed by atoms with Gasteiger partial charge >= 0.3 is 0 Å². The van der Waals surface area contributed by atoms with Crippen molar-refractivity contribution in [2.24, 2.45) is 0 Å². The number of rotatable bonds is 3. The fraction of sp³-hybridized carbons (Fsp3) is 0.727. The molecule has 1 saturated heterocycles. The van der Waals surface area contributed by atoms with Crippen molar-refractivity contribution in [2.75, 3.05) is 24.8 Å². The van der Waals surface area contributed by atoms with Crippen LogP contribution in [0.1, 0.15) is 43.6 Å². The number of hydrogen-bond donors (Lipinski definition) is 2. The van der Waals surface area contributed by atoms with E-state index in [4.69, 9.17) is 16.3 Å². The van der Waals surface area contributed by atoms with Crippen molar-refractivity contribution in [3.63, 3.8) is 0 Å². The Kier molecular flexibility index (Phi) is 3.33. The maximum atomic E-state index is 5.98. The van der Waals surface area contributed by atoms with Gasteiger partial charge in [-0.25, -0.2) is 9.66 Å². The van der Waals surface area contributed by atoms with Crippen molar-refractivity contribution in [1.82, 2.24) is 9.66 Å². The van der Waals surface area contributed by atoms with E-state index < -0.39 is 0 Å². The quantitative estimate of drug-likeness (QED) is 0.751. The van der Waals surface area contributed by atoms with Gasteiger partial charge in [0.05, 0.1) is 12.3 Å². The largest absolute Gasteiger partial charge is 0.382 e. The van der Waals surface area contributed by atoms with E-state index in [0.29, 0.717) is 18.3 Å². The van der Waals surface area contributed by atoms with Crippen LogP contribution in [0.2, 0.25) is 0 Å². The fourth-order valence-electron chi connectivity index (χ4n) is 2.17. The van der Waals surface area contributed by atoms with Gasteiger partial charge in [-0.3, -0.25) is 0 Å². The van der Waals surface area contributed by atoms with Crippen LogP contribution in [0.3, 0.4) is 0 Å². The predicted molar refractivity (Wildman–Crippen MR) is 63.6 cm³/mol. The summed E-state index contributed by atoms with van der Waals surface area (Å²) in [5.41, 5.74) is 6.91. The summed E-state index contributed by atoms with van der Waals surface area (Å²) in [5, 5.41) is 0. The molecule has 0 bridgehead atoms. The molecule has 4 N–H and O–H groups in total. The standard InChI is InChI=1S/C11H20N4O/c1-2-4-9-14-10(11(12)15(9)13)8-5-3-6-16-7-8/h8H,2-7,12-13H2,1H3. The first-order valence-corrected chi connectivity index (χ1v) is 5.93. The van der Waals surface area contributed by atoms with Crippen LogP contribution < -0.4 is 11.6 Å². The molecular weight excluding hydrogens is 204 g/mol. The number of imidazole rings is 1. The Balaban J connectivity index is 2.22. The summed E-state index contributed by atoms with van der Waals surface area (Å²) < 4.78 is 6.98. The number of nitrogens with zero attached hydrogens (tertiary/aromatic N) is 2. The van der Waals surface area contributed by atoms with Crippen LogP contribution in [0.15, 0.2) is 0 Å². The molecule has 1 aromatic heterocycles. The number of aryl methyl sites for hydroxylation is 1. The van der Waals surface area contributed by atoms with Crippen molar-refractivity contribution in [3.8, 4) is 0 Å². The van der Waals surface area contributed by atoms with Gasteiger partial charge in [0.1, 0.15) is 11.6 Å². The first-order valence-electron chi connectivity index (χ1n) is 5.93. The van der Waals surface area contributed by atoms with E-state index in [1.807, 2.05) is 0 Å². The maximum absolute atomic E-state index is 5.98. The molecule has 1 atom stereocenters. The molecule has 16 heavy (non-hydrogen) atoms. The second kappa shape index (κ2) is 4.74. The summed E-state index contributed by atoms with van der Waals surface area (Å²) in [7, 11) is 0. The molecular formula is C11H20N4O. The molecule has 0 aromatic carbocycles. The highest BCUT2D eigenvalue weighted by molar-refractivity contribution is 5.41. The second-order valence-corrected chi connectivity index (χ2v) is 4.33. The Morgan fingerprint density at radius 1 is 1.56 bits per heavy atom. The average Bonchev–Trinajstić information content (AvgIpc) is 2.59. The van der Waals surface area contributed by atoms with Gasteiger partial charge in [0, 0.05) is 18.9 Å². The number of nitrogen functional groups attached to an aromatic ring is 2. The Hall–Kier alpha value is -1.23.